The average Bonchev–Trinajstić information content (AvgIpc) is 2.20. The summed E-state index contributed by atoms with van der Waals surface area (Å²) in [7, 11) is 0. The van der Waals surface area contributed by atoms with Gasteiger partial charge in [-0.3, -0.25) is 9.78 Å². The Balaban J connectivity index is 2.38. The molecule has 0 aromatic carbocycles. The van der Waals surface area contributed by atoms with Crippen molar-refractivity contribution in [2.45, 2.75) is 13.3 Å². The molecule has 84 valence electrons. The summed E-state index contributed by atoms with van der Waals surface area (Å²) in [5, 5.41) is 8.65. The van der Waals surface area contributed by atoms with Gasteiger partial charge in [0.05, 0.1) is 0 Å². The Bertz CT molecular complexity index is 397. The first-order valence-electron chi connectivity index (χ1n) is 4.76. The van der Waals surface area contributed by atoms with Crippen LogP contribution in [0.15, 0.2) is 9.59 Å². The van der Waals surface area contributed by atoms with E-state index >= 15 is 0 Å². The first-order chi connectivity index (χ1) is 7.24. The highest BCUT2D eigenvalue weighted by Gasteiger charge is 2.01. The predicted octanol–water partition coefficient (Wildman–Crippen LogP) is -1.16. The highest BCUT2D eigenvalue weighted by atomic mass is 16.5. The second-order valence-electron chi connectivity index (χ2n) is 2.91. The molecule has 0 fully saturated rings. The van der Waals surface area contributed by atoms with Crippen LogP contribution >= 0.6 is 0 Å². The Morgan fingerprint density at radius 1 is 1.40 bits per heavy atom. The second-order valence-corrected chi connectivity index (χ2v) is 2.91. The lowest BCUT2D eigenvalue weighted by Crippen LogP contribution is -2.28. The van der Waals surface area contributed by atoms with Crippen LogP contribution in [0.5, 0.6) is 5.88 Å². The molecular formula is C8H14N4O3. The maximum atomic E-state index is 11.1. The van der Waals surface area contributed by atoms with Crippen molar-refractivity contribution < 1.29 is 4.74 Å². The van der Waals surface area contributed by atoms with Crippen LogP contribution in [0.1, 0.15) is 13.3 Å². The molecule has 0 aliphatic rings. The minimum Gasteiger partial charge on any atom is -0.471 e. The van der Waals surface area contributed by atoms with Crippen LogP contribution < -0.4 is 21.3 Å². The summed E-state index contributed by atoms with van der Waals surface area (Å²) in [5.74, 6) is -0.118. The lowest BCUT2D eigenvalue weighted by atomic mass is 10.5. The van der Waals surface area contributed by atoms with E-state index in [-0.39, 0.29) is 5.88 Å². The van der Waals surface area contributed by atoms with Crippen molar-refractivity contribution in [3.05, 3.63) is 20.8 Å². The number of hydrogen-bond donors (Lipinski definition) is 3. The Hall–Kier alpha value is -1.63. The van der Waals surface area contributed by atoms with Crippen molar-refractivity contribution in [3.63, 3.8) is 0 Å². The van der Waals surface area contributed by atoms with Gasteiger partial charge in [0.15, 0.2) is 0 Å². The van der Waals surface area contributed by atoms with Crippen LogP contribution in [0.2, 0.25) is 0 Å². The smallest absolute Gasteiger partial charge is 0.342 e. The van der Waals surface area contributed by atoms with Crippen LogP contribution in [-0.2, 0) is 0 Å². The van der Waals surface area contributed by atoms with E-state index in [0.29, 0.717) is 13.2 Å². The van der Waals surface area contributed by atoms with Crippen LogP contribution in [0.25, 0.3) is 0 Å². The fourth-order valence-corrected chi connectivity index (χ4v) is 0.956. The fourth-order valence-electron chi connectivity index (χ4n) is 0.956. The Kier molecular flexibility index (Phi) is 4.55. The molecular weight excluding hydrogens is 200 g/mol. The zero-order valence-corrected chi connectivity index (χ0v) is 8.50. The molecule has 15 heavy (non-hydrogen) atoms. The molecule has 3 N–H and O–H groups in total. The zero-order chi connectivity index (χ0) is 11.1. The van der Waals surface area contributed by atoms with E-state index in [9.17, 15) is 9.59 Å². The molecule has 0 aliphatic heterocycles. The average molecular weight is 214 g/mol. The molecule has 1 heterocycles. The number of rotatable bonds is 6. The van der Waals surface area contributed by atoms with Gasteiger partial charge in [-0.15, -0.1) is 5.10 Å². The largest absolute Gasteiger partial charge is 0.471 e. The minimum absolute atomic E-state index is 0.118. The number of aromatic amines is 2. The summed E-state index contributed by atoms with van der Waals surface area (Å²) >= 11 is 0. The van der Waals surface area contributed by atoms with Gasteiger partial charge in [0.25, 0.3) is 5.88 Å². The van der Waals surface area contributed by atoms with Gasteiger partial charge in [-0.2, -0.15) is 0 Å². The maximum Gasteiger partial charge on any atom is 0.342 e. The van der Waals surface area contributed by atoms with E-state index in [0.717, 1.165) is 13.0 Å². The monoisotopic (exact) mass is 214 g/mol. The summed E-state index contributed by atoms with van der Waals surface area (Å²) in [6.07, 6.45) is 1.04. The summed E-state index contributed by atoms with van der Waals surface area (Å²) in [4.78, 5) is 23.7. The molecule has 1 rings (SSSR count). The quantitative estimate of drug-likeness (QED) is 0.518. The van der Waals surface area contributed by atoms with Crippen LogP contribution in [0.4, 0.5) is 0 Å². The number of aromatic nitrogens is 3. The first-order valence-corrected chi connectivity index (χ1v) is 4.76. The molecule has 7 heteroatoms. The molecule has 0 atom stereocenters. The van der Waals surface area contributed by atoms with E-state index in [4.69, 9.17) is 4.74 Å². The molecule has 0 radical (unpaired) electrons. The standard InChI is InChI=1S/C8H14N4O3/c1-2-3-9-4-5-15-7-6(13)10-8(14)12-11-7/h9H,2-5H2,1H3,(H2,10,12,13,14). The molecule has 0 unspecified atom stereocenters. The van der Waals surface area contributed by atoms with Crippen LogP contribution in [0.3, 0.4) is 0 Å². The normalized spacial score (nSPS) is 10.2. The molecule has 0 spiro atoms. The first kappa shape index (κ1) is 11.4. The molecule has 7 nitrogen and oxygen atoms in total. The van der Waals surface area contributed by atoms with Gasteiger partial charge < -0.3 is 10.1 Å². The van der Waals surface area contributed by atoms with Crippen molar-refractivity contribution in [3.8, 4) is 5.88 Å². The minimum atomic E-state index is -0.642. The van der Waals surface area contributed by atoms with Gasteiger partial charge in [0.2, 0.25) is 0 Å². The van der Waals surface area contributed by atoms with E-state index in [1.807, 2.05) is 4.98 Å². The molecule has 0 saturated carbocycles. The second kappa shape index (κ2) is 5.97. The zero-order valence-electron chi connectivity index (χ0n) is 8.50. The van der Waals surface area contributed by atoms with Gasteiger partial charge in [-0.25, -0.2) is 9.89 Å². The molecule has 0 saturated heterocycles. The van der Waals surface area contributed by atoms with E-state index in [1.54, 1.807) is 0 Å². The van der Waals surface area contributed by atoms with Crippen molar-refractivity contribution >= 4 is 0 Å². The van der Waals surface area contributed by atoms with Gasteiger partial charge in [0.1, 0.15) is 6.61 Å². The summed E-state index contributed by atoms with van der Waals surface area (Å²) < 4.78 is 5.05. The lowest BCUT2D eigenvalue weighted by molar-refractivity contribution is 0.293. The van der Waals surface area contributed by atoms with Crippen LogP contribution in [-0.4, -0.2) is 34.9 Å². The summed E-state index contributed by atoms with van der Waals surface area (Å²) in [5.41, 5.74) is -1.26. The Labute approximate surface area is 85.9 Å². The number of hydrogen-bond acceptors (Lipinski definition) is 5. The van der Waals surface area contributed by atoms with E-state index < -0.39 is 11.2 Å². The highest BCUT2D eigenvalue weighted by molar-refractivity contribution is 4.98. The molecule has 0 amide bonds. The third kappa shape index (κ3) is 3.94. The number of nitrogens with zero attached hydrogens (tertiary/aromatic N) is 1. The summed E-state index contributed by atoms with van der Waals surface area (Å²) in [6, 6.07) is 0. The molecule has 1 aromatic heterocycles. The lowest BCUT2D eigenvalue weighted by Gasteiger charge is -2.03. The number of H-pyrrole nitrogens is 2. The van der Waals surface area contributed by atoms with Crippen molar-refractivity contribution in [1.82, 2.24) is 20.5 Å². The van der Waals surface area contributed by atoms with Crippen LogP contribution in [0, 0.1) is 0 Å². The molecule has 0 bridgehead atoms. The number of nitrogens with one attached hydrogen (secondary N) is 3. The third-order valence-corrected chi connectivity index (χ3v) is 1.62. The molecule has 0 aliphatic carbocycles. The third-order valence-electron chi connectivity index (χ3n) is 1.62. The van der Waals surface area contributed by atoms with E-state index in [1.165, 1.54) is 0 Å². The Morgan fingerprint density at radius 3 is 2.87 bits per heavy atom. The van der Waals surface area contributed by atoms with E-state index in [2.05, 4.69) is 22.4 Å². The SMILES string of the molecule is CCCNCCOc1n[nH]c(=O)[nH]c1=O. The highest BCUT2D eigenvalue weighted by Crippen LogP contribution is 1.88. The summed E-state index contributed by atoms with van der Waals surface area (Å²) in [6.45, 7) is 3.93. The maximum absolute atomic E-state index is 11.1. The topological polar surface area (TPSA) is 99.9 Å². The van der Waals surface area contributed by atoms with Crippen molar-refractivity contribution in [2.24, 2.45) is 0 Å². The number of ether oxygens (including phenoxy) is 1. The van der Waals surface area contributed by atoms with Crippen molar-refractivity contribution in [1.29, 1.82) is 0 Å². The van der Waals surface area contributed by atoms with Gasteiger partial charge >= 0.3 is 11.2 Å². The van der Waals surface area contributed by atoms with Crippen molar-refractivity contribution in [2.75, 3.05) is 19.7 Å². The Morgan fingerprint density at radius 2 is 2.20 bits per heavy atom. The predicted molar refractivity (Wildman–Crippen MR) is 54.1 cm³/mol. The fraction of sp³-hybridized carbons (Fsp3) is 0.625. The van der Waals surface area contributed by atoms with Gasteiger partial charge in [-0.1, -0.05) is 6.92 Å². The van der Waals surface area contributed by atoms with Gasteiger partial charge in [0, 0.05) is 6.54 Å². The molecule has 1 aromatic rings. The van der Waals surface area contributed by atoms with Gasteiger partial charge in [-0.05, 0) is 13.0 Å².